The third-order valence-electron chi connectivity index (χ3n) is 5.29. The Kier molecular flexibility index (Phi) is 7.79. The molecule has 0 aromatic heterocycles. The number of ether oxygens (including phenoxy) is 2. The Morgan fingerprint density at radius 2 is 2.04 bits per heavy atom. The third kappa shape index (κ3) is 5.63. The van der Waals surface area contributed by atoms with Crippen molar-refractivity contribution < 1.29 is 14.3 Å². The lowest BCUT2D eigenvalue weighted by molar-refractivity contribution is -0.165. The standard InChI is InChI=1S/C20H36O3/c1-7-11-18(21)23-19(8-2,9-3)15-17-12-13-20(10-4,22-17)14-16(5)6/h7,16-17H,1,8-15H2,2-6H3. The molecule has 0 aliphatic carbocycles. The van der Waals surface area contributed by atoms with Crippen molar-refractivity contribution in [1.82, 2.24) is 0 Å². The highest BCUT2D eigenvalue weighted by Gasteiger charge is 2.43. The Labute approximate surface area is 142 Å². The van der Waals surface area contributed by atoms with E-state index in [9.17, 15) is 4.79 Å². The van der Waals surface area contributed by atoms with Crippen molar-refractivity contribution in [2.24, 2.45) is 5.92 Å². The van der Waals surface area contributed by atoms with Gasteiger partial charge in [0.05, 0.1) is 18.1 Å². The maximum atomic E-state index is 11.9. The van der Waals surface area contributed by atoms with E-state index in [1.54, 1.807) is 6.08 Å². The first-order valence-electron chi connectivity index (χ1n) is 9.34. The van der Waals surface area contributed by atoms with Crippen LogP contribution in [0.5, 0.6) is 0 Å². The lowest BCUT2D eigenvalue weighted by Gasteiger charge is -2.35. The molecule has 0 saturated carbocycles. The van der Waals surface area contributed by atoms with Crippen LogP contribution in [-0.4, -0.2) is 23.3 Å². The van der Waals surface area contributed by atoms with Crippen LogP contribution < -0.4 is 0 Å². The Morgan fingerprint density at radius 1 is 1.39 bits per heavy atom. The quantitative estimate of drug-likeness (QED) is 0.397. The molecule has 1 fully saturated rings. The highest BCUT2D eigenvalue weighted by Crippen LogP contribution is 2.42. The molecule has 134 valence electrons. The molecule has 23 heavy (non-hydrogen) atoms. The Hall–Kier alpha value is -0.830. The van der Waals surface area contributed by atoms with E-state index in [-0.39, 0.29) is 24.1 Å². The zero-order chi connectivity index (χ0) is 17.5. The van der Waals surface area contributed by atoms with Crippen LogP contribution >= 0.6 is 0 Å². The van der Waals surface area contributed by atoms with Gasteiger partial charge in [-0.1, -0.05) is 40.7 Å². The maximum absolute atomic E-state index is 11.9. The average molecular weight is 325 g/mol. The van der Waals surface area contributed by atoms with E-state index in [0.717, 1.165) is 44.9 Å². The molecule has 0 radical (unpaired) electrons. The van der Waals surface area contributed by atoms with Crippen LogP contribution in [0.2, 0.25) is 0 Å². The number of hydrogen-bond donors (Lipinski definition) is 0. The second-order valence-electron chi connectivity index (χ2n) is 7.47. The summed E-state index contributed by atoms with van der Waals surface area (Å²) in [7, 11) is 0. The van der Waals surface area contributed by atoms with Crippen molar-refractivity contribution in [3.05, 3.63) is 12.7 Å². The smallest absolute Gasteiger partial charge is 0.310 e. The normalized spacial score (nSPS) is 24.9. The zero-order valence-electron chi connectivity index (χ0n) is 15.8. The number of esters is 1. The molecule has 3 nitrogen and oxygen atoms in total. The molecule has 1 aliphatic rings. The van der Waals surface area contributed by atoms with E-state index in [1.165, 1.54) is 0 Å². The summed E-state index contributed by atoms with van der Waals surface area (Å²) >= 11 is 0. The summed E-state index contributed by atoms with van der Waals surface area (Å²) in [5.41, 5.74) is -0.371. The largest absolute Gasteiger partial charge is 0.459 e. The Bertz CT molecular complexity index is 384. The molecule has 0 amide bonds. The first-order valence-corrected chi connectivity index (χ1v) is 9.34. The van der Waals surface area contributed by atoms with Crippen LogP contribution in [0.4, 0.5) is 0 Å². The molecular weight excluding hydrogens is 288 g/mol. The fourth-order valence-corrected chi connectivity index (χ4v) is 3.88. The lowest BCUT2D eigenvalue weighted by Crippen LogP contribution is -2.39. The van der Waals surface area contributed by atoms with Crippen LogP contribution in [0.1, 0.15) is 86.0 Å². The molecule has 1 aliphatic heterocycles. The minimum absolute atomic E-state index is 0.0250. The SMILES string of the molecule is C=CCC(=O)OC(CC)(CC)CC1CCC(CC)(CC(C)C)O1. The van der Waals surface area contributed by atoms with Crippen molar-refractivity contribution in [3.8, 4) is 0 Å². The highest BCUT2D eigenvalue weighted by atomic mass is 16.6. The average Bonchev–Trinajstić information content (AvgIpc) is 2.89. The van der Waals surface area contributed by atoms with E-state index < -0.39 is 5.60 Å². The van der Waals surface area contributed by atoms with Gasteiger partial charge in [0.1, 0.15) is 5.60 Å². The molecule has 1 rings (SSSR count). The van der Waals surface area contributed by atoms with Gasteiger partial charge < -0.3 is 9.47 Å². The first kappa shape index (κ1) is 20.2. The first-order chi connectivity index (χ1) is 10.8. The lowest BCUT2D eigenvalue weighted by atomic mass is 9.86. The molecule has 0 aromatic rings. The second kappa shape index (κ2) is 8.86. The third-order valence-corrected chi connectivity index (χ3v) is 5.29. The van der Waals surface area contributed by atoms with Crippen molar-refractivity contribution in [2.45, 2.75) is 103 Å². The minimum Gasteiger partial charge on any atom is -0.459 e. The molecule has 1 saturated heterocycles. The number of hydrogen-bond acceptors (Lipinski definition) is 3. The van der Waals surface area contributed by atoms with E-state index in [0.29, 0.717) is 5.92 Å². The molecule has 0 bridgehead atoms. The molecular formula is C20H36O3. The van der Waals surface area contributed by atoms with Gasteiger partial charge in [-0.3, -0.25) is 4.79 Å². The number of rotatable bonds is 10. The van der Waals surface area contributed by atoms with Gasteiger partial charge in [-0.25, -0.2) is 0 Å². The number of carbonyl (C=O) groups excluding carboxylic acids is 1. The van der Waals surface area contributed by atoms with Gasteiger partial charge in [0.15, 0.2) is 0 Å². The van der Waals surface area contributed by atoms with Gasteiger partial charge >= 0.3 is 5.97 Å². The van der Waals surface area contributed by atoms with Crippen LogP contribution in [0.3, 0.4) is 0 Å². The number of carbonyl (C=O) groups is 1. The molecule has 0 N–H and O–H groups in total. The van der Waals surface area contributed by atoms with Gasteiger partial charge in [-0.05, 0) is 44.4 Å². The van der Waals surface area contributed by atoms with Crippen LogP contribution in [0, 0.1) is 5.92 Å². The summed E-state index contributed by atoms with van der Waals surface area (Å²) in [5.74, 6) is 0.465. The molecule has 0 spiro atoms. The van der Waals surface area contributed by atoms with Gasteiger partial charge in [0, 0.05) is 6.42 Å². The van der Waals surface area contributed by atoms with Gasteiger partial charge in [0.25, 0.3) is 0 Å². The van der Waals surface area contributed by atoms with Crippen molar-refractivity contribution in [3.63, 3.8) is 0 Å². The summed E-state index contributed by atoms with van der Waals surface area (Å²) in [6.45, 7) is 14.6. The van der Waals surface area contributed by atoms with E-state index in [1.807, 2.05) is 0 Å². The van der Waals surface area contributed by atoms with Gasteiger partial charge in [-0.15, -0.1) is 6.58 Å². The Morgan fingerprint density at radius 3 is 2.52 bits per heavy atom. The van der Waals surface area contributed by atoms with Crippen LogP contribution in [0.15, 0.2) is 12.7 Å². The molecule has 1 heterocycles. The molecule has 0 aromatic carbocycles. The van der Waals surface area contributed by atoms with Gasteiger partial charge in [-0.2, -0.15) is 0 Å². The summed E-state index contributed by atoms with van der Waals surface area (Å²) in [4.78, 5) is 11.9. The molecule has 3 heteroatoms. The zero-order valence-corrected chi connectivity index (χ0v) is 15.8. The summed E-state index contributed by atoms with van der Waals surface area (Å²) in [6, 6.07) is 0. The van der Waals surface area contributed by atoms with E-state index in [2.05, 4.69) is 41.2 Å². The fourth-order valence-electron chi connectivity index (χ4n) is 3.88. The van der Waals surface area contributed by atoms with Crippen LogP contribution in [-0.2, 0) is 14.3 Å². The van der Waals surface area contributed by atoms with Crippen molar-refractivity contribution >= 4 is 5.97 Å². The van der Waals surface area contributed by atoms with E-state index in [4.69, 9.17) is 9.47 Å². The van der Waals surface area contributed by atoms with Crippen LogP contribution in [0.25, 0.3) is 0 Å². The summed E-state index contributed by atoms with van der Waals surface area (Å²) in [6.07, 6.45) is 8.91. The summed E-state index contributed by atoms with van der Waals surface area (Å²) < 4.78 is 12.3. The Balaban J connectivity index is 2.74. The van der Waals surface area contributed by atoms with Gasteiger partial charge in [0.2, 0.25) is 0 Å². The predicted molar refractivity (Wildman–Crippen MR) is 95.4 cm³/mol. The summed E-state index contributed by atoms with van der Waals surface area (Å²) in [5, 5.41) is 0. The minimum atomic E-state index is -0.396. The van der Waals surface area contributed by atoms with Crippen molar-refractivity contribution in [1.29, 1.82) is 0 Å². The van der Waals surface area contributed by atoms with Crippen molar-refractivity contribution in [2.75, 3.05) is 0 Å². The monoisotopic (exact) mass is 324 g/mol. The highest BCUT2D eigenvalue weighted by molar-refractivity contribution is 5.71. The predicted octanol–water partition coefficient (Wildman–Crippen LogP) is 5.43. The topological polar surface area (TPSA) is 35.5 Å². The molecule has 2 atom stereocenters. The fraction of sp³-hybridized carbons (Fsp3) is 0.850. The van der Waals surface area contributed by atoms with E-state index >= 15 is 0 Å². The molecule has 2 unspecified atom stereocenters. The maximum Gasteiger partial charge on any atom is 0.310 e. The second-order valence-corrected chi connectivity index (χ2v) is 7.47.